The summed E-state index contributed by atoms with van der Waals surface area (Å²) in [5.41, 5.74) is 4.69. The van der Waals surface area contributed by atoms with E-state index in [4.69, 9.17) is 14.6 Å². The van der Waals surface area contributed by atoms with Gasteiger partial charge in [0.2, 0.25) is 0 Å². The average Bonchev–Trinajstić information content (AvgIpc) is 3.22. The minimum atomic E-state index is -0.625. The summed E-state index contributed by atoms with van der Waals surface area (Å²) in [6.07, 6.45) is 3.97. The number of benzene rings is 2. The van der Waals surface area contributed by atoms with E-state index in [1.54, 1.807) is 7.11 Å². The molecular formula is C23H28FN3O2. The largest absolute Gasteiger partial charge is 0.394 e. The van der Waals surface area contributed by atoms with Gasteiger partial charge in [0, 0.05) is 25.5 Å². The summed E-state index contributed by atoms with van der Waals surface area (Å²) in [6, 6.07) is 17.2. The SMILES string of the molecule is COCC1(C2(Cc3ccc(F)cc3)N=CON2)CCN(Cc2ccccc2)CC1. The predicted molar refractivity (Wildman–Crippen MR) is 111 cm³/mol. The number of nitrogens with zero attached hydrogens (tertiary/aromatic N) is 2. The van der Waals surface area contributed by atoms with Crippen molar-refractivity contribution in [2.75, 3.05) is 26.8 Å². The fourth-order valence-electron chi connectivity index (χ4n) is 4.61. The zero-order valence-corrected chi connectivity index (χ0v) is 16.8. The highest BCUT2D eigenvalue weighted by Gasteiger charge is 2.55. The van der Waals surface area contributed by atoms with Gasteiger partial charge >= 0.3 is 0 Å². The maximum absolute atomic E-state index is 13.4. The lowest BCUT2D eigenvalue weighted by Crippen LogP contribution is -2.61. The molecule has 154 valence electrons. The third kappa shape index (κ3) is 4.20. The lowest BCUT2D eigenvalue weighted by Gasteiger charge is -2.49. The number of methoxy groups -OCH3 is 1. The topological polar surface area (TPSA) is 46.1 Å². The maximum atomic E-state index is 13.4. The number of hydrogen-bond donors (Lipinski definition) is 1. The third-order valence-electron chi connectivity index (χ3n) is 6.29. The van der Waals surface area contributed by atoms with Gasteiger partial charge in [-0.1, -0.05) is 42.5 Å². The van der Waals surface area contributed by atoms with Crippen LogP contribution in [-0.2, 0) is 22.5 Å². The van der Waals surface area contributed by atoms with E-state index in [1.165, 1.54) is 24.1 Å². The number of nitrogens with one attached hydrogen (secondary N) is 1. The molecule has 2 aliphatic rings. The Morgan fingerprint density at radius 1 is 1.07 bits per heavy atom. The van der Waals surface area contributed by atoms with Gasteiger partial charge in [0.05, 0.1) is 6.61 Å². The Morgan fingerprint density at radius 3 is 2.41 bits per heavy atom. The predicted octanol–water partition coefficient (Wildman–Crippen LogP) is 3.56. The smallest absolute Gasteiger partial charge is 0.198 e. The number of rotatable bonds is 7. The lowest BCUT2D eigenvalue weighted by molar-refractivity contribution is -0.0747. The van der Waals surface area contributed by atoms with Gasteiger partial charge in [-0.05, 0) is 49.2 Å². The molecule has 4 rings (SSSR count). The first kappa shape index (κ1) is 20.0. The van der Waals surface area contributed by atoms with Crippen molar-refractivity contribution in [3.8, 4) is 0 Å². The van der Waals surface area contributed by atoms with Crippen molar-refractivity contribution in [3.63, 3.8) is 0 Å². The fraction of sp³-hybridized carbons (Fsp3) is 0.435. The van der Waals surface area contributed by atoms with E-state index in [0.717, 1.165) is 38.0 Å². The zero-order chi connectivity index (χ0) is 20.2. The van der Waals surface area contributed by atoms with E-state index < -0.39 is 5.66 Å². The summed E-state index contributed by atoms with van der Waals surface area (Å²) in [6.45, 7) is 3.45. The van der Waals surface area contributed by atoms with Crippen molar-refractivity contribution in [2.45, 2.75) is 31.5 Å². The van der Waals surface area contributed by atoms with Crippen LogP contribution < -0.4 is 5.48 Å². The Hall–Kier alpha value is -2.28. The molecular weight excluding hydrogens is 369 g/mol. The fourth-order valence-corrected chi connectivity index (χ4v) is 4.61. The molecule has 0 aliphatic carbocycles. The van der Waals surface area contributed by atoms with Gasteiger partial charge in [0.1, 0.15) is 5.82 Å². The number of likely N-dealkylation sites (tertiary alicyclic amines) is 1. The van der Waals surface area contributed by atoms with Gasteiger partial charge in [-0.2, -0.15) is 0 Å². The highest BCUT2D eigenvalue weighted by molar-refractivity contribution is 5.50. The summed E-state index contributed by atoms with van der Waals surface area (Å²) in [7, 11) is 1.74. The molecule has 1 saturated heterocycles. The van der Waals surface area contributed by atoms with Crippen molar-refractivity contribution in [1.82, 2.24) is 10.4 Å². The quantitative estimate of drug-likeness (QED) is 0.776. The molecule has 0 saturated carbocycles. The van der Waals surface area contributed by atoms with Crippen molar-refractivity contribution in [3.05, 3.63) is 71.5 Å². The highest BCUT2D eigenvalue weighted by Crippen LogP contribution is 2.46. The molecule has 0 spiro atoms. The molecule has 0 aromatic heterocycles. The first-order valence-electron chi connectivity index (χ1n) is 10.1. The van der Waals surface area contributed by atoms with Gasteiger partial charge in [0.15, 0.2) is 12.1 Å². The molecule has 5 nitrogen and oxygen atoms in total. The molecule has 2 heterocycles. The van der Waals surface area contributed by atoms with Crippen LogP contribution >= 0.6 is 0 Å². The minimum Gasteiger partial charge on any atom is -0.394 e. The monoisotopic (exact) mass is 397 g/mol. The molecule has 0 radical (unpaired) electrons. The second kappa shape index (κ2) is 8.61. The second-order valence-electron chi connectivity index (χ2n) is 8.09. The summed E-state index contributed by atoms with van der Waals surface area (Å²) in [4.78, 5) is 12.7. The molecule has 29 heavy (non-hydrogen) atoms. The van der Waals surface area contributed by atoms with Crippen molar-refractivity contribution in [2.24, 2.45) is 10.4 Å². The van der Waals surface area contributed by atoms with E-state index in [2.05, 4.69) is 34.6 Å². The van der Waals surface area contributed by atoms with Crippen LogP contribution in [0.25, 0.3) is 0 Å². The molecule has 1 atom stereocenters. The number of piperidine rings is 1. The maximum Gasteiger partial charge on any atom is 0.198 e. The number of hydrogen-bond acceptors (Lipinski definition) is 5. The van der Waals surface area contributed by atoms with Gasteiger partial charge in [0.25, 0.3) is 0 Å². The van der Waals surface area contributed by atoms with E-state index in [-0.39, 0.29) is 11.2 Å². The summed E-state index contributed by atoms with van der Waals surface area (Å²) >= 11 is 0. The Morgan fingerprint density at radius 2 is 1.79 bits per heavy atom. The molecule has 2 aliphatic heterocycles. The average molecular weight is 397 g/mol. The molecule has 6 heteroatoms. The number of halogens is 1. The van der Waals surface area contributed by atoms with Crippen LogP contribution in [0.2, 0.25) is 0 Å². The van der Waals surface area contributed by atoms with Crippen LogP contribution in [0.1, 0.15) is 24.0 Å². The zero-order valence-electron chi connectivity index (χ0n) is 16.8. The highest BCUT2D eigenvalue weighted by atomic mass is 19.1. The van der Waals surface area contributed by atoms with E-state index in [9.17, 15) is 4.39 Å². The van der Waals surface area contributed by atoms with E-state index in [1.807, 2.05) is 18.2 Å². The first-order chi connectivity index (χ1) is 14.1. The molecule has 0 amide bonds. The Labute approximate surface area is 171 Å². The van der Waals surface area contributed by atoms with Gasteiger partial charge in [-0.25, -0.2) is 9.38 Å². The molecule has 1 fully saturated rings. The van der Waals surface area contributed by atoms with Crippen molar-refractivity contribution < 1.29 is 14.0 Å². The van der Waals surface area contributed by atoms with Gasteiger partial charge < -0.3 is 9.57 Å². The Balaban J connectivity index is 1.53. The Bertz CT molecular complexity index is 820. The minimum absolute atomic E-state index is 0.212. The van der Waals surface area contributed by atoms with Crippen molar-refractivity contribution in [1.29, 1.82) is 0 Å². The summed E-state index contributed by atoms with van der Waals surface area (Å²) < 4.78 is 19.1. The van der Waals surface area contributed by atoms with Crippen LogP contribution in [0, 0.1) is 11.2 Å². The van der Waals surface area contributed by atoms with Gasteiger partial charge in [-0.3, -0.25) is 4.90 Å². The number of ether oxygens (including phenoxy) is 1. The summed E-state index contributed by atoms with van der Waals surface area (Å²) in [5, 5.41) is 0. The van der Waals surface area contributed by atoms with Crippen LogP contribution in [0.4, 0.5) is 4.39 Å². The molecule has 2 aromatic rings. The normalized spacial score (nSPS) is 23.8. The lowest BCUT2D eigenvalue weighted by atomic mass is 9.67. The van der Waals surface area contributed by atoms with Crippen LogP contribution in [0.15, 0.2) is 59.6 Å². The van der Waals surface area contributed by atoms with Gasteiger partial charge in [-0.15, -0.1) is 5.48 Å². The van der Waals surface area contributed by atoms with Crippen molar-refractivity contribution >= 4 is 6.40 Å². The third-order valence-corrected chi connectivity index (χ3v) is 6.29. The van der Waals surface area contributed by atoms with Crippen LogP contribution in [0.3, 0.4) is 0 Å². The Kier molecular flexibility index (Phi) is 5.94. The summed E-state index contributed by atoms with van der Waals surface area (Å²) in [5.74, 6) is -0.234. The van der Waals surface area contributed by atoms with Crippen LogP contribution in [-0.4, -0.2) is 43.8 Å². The molecule has 2 aromatic carbocycles. The van der Waals surface area contributed by atoms with E-state index >= 15 is 0 Å². The van der Waals surface area contributed by atoms with E-state index in [0.29, 0.717) is 13.0 Å². The molecule has 0 bridgehead atoms. The molecule has 1 unspecified atom stereocenters. The number of aliphatic imine (C=N–C) groups is 1. The first-order valence-corrected chi connectivity index (χ1v) is 10.1. The number of hydroxylamine groups is 1. The van der Waals surface area contributed by atoms with Crippen LogP contribution in [0.5, 0.6) is 0 Å². The standard InChI is InChI=1S/C23H28FN3O2/c1-28-17-22(11-13-27(14-12-22)16-20-5-3-2-4-6-20)23(25-18-29-26-23)15-19-7-9-21(24)10-8-19/h2-10,18,26H,11-17H2,1H3. The second-order valence-corrected chi connectivity index (χ2v) is 8.09. The molecule has 1 N–H and O–H groups in total.